The van der Waals surface area contributed by atoms with Crippen LogP contribution in [0.2, 0.25) is 0 Å². The number of nitrogens with one attached hydrogen (secondary N) is 2. The highest BCUT2D eigenvalue weighted by Crippen LogP contribution is 2.26. The molecule has 0 aliphatic rings. The third-order valence-corrected chi connectivity index (χ3v) is 2.94. The lowest BCUT2D eigenvalue weighted by Crippen LogP contribution is -2.26. The lowest BCUT2D eigenvalue weighted by atomic mass is 9.85. The summed E-state index contributed by atoms with van der Waals surface area (Å²) in [5.74, 6) is -1.56. The number of carboxylic acid groups (broad SMARTS) is 1. The van der Waals surface area contributed by atoms with Gasteiger partial charge < -0.3 is 15.7 Å². The van der Waals surface area contributed by atoms with Gasteiger partial charge in [0.25, 0.3) is 5.91 Å². The fraction of sp³-hybridized carbons (Fsp3) is 0.400. The number of para-hydroxylation sites is 1. The van der Waals surface area contributed by atoms with Crippen LogP contribution in [0.1, 0.15) is 37.0 Å². The molecule has 0 saturated heterocycles. The summed E-state index contributed by atoms with van der Waals surface area (Å²) in [6, 6.07) is 6.66. The van der Waals surface area contributed by atoms with Crippen molar-refractivity contribution >= 4 is 23.5 Å². The molecular weight excluding hydrogens is 272 g/mol. The van der Waals surface area contributed by atoms with E-state index < -0.39 is 11.4 Å². The molecule has 0 aliphatic heterocycles. The number of hydrogen-bond donors (Lipinski definition) is 3. The summed E-state index contributed by atoms with van der Waals surface area (Å²) in [5, 5.41) is 14.0. The van der Waals surface area contributed by atoms with Crippen molar-refractivity contribution in [3.8, 4) is 0 Å². The molecule has 0 atom stereocenters. The molecule has 21 heavy (non-hydrogen) atoms. The first-order valence-corrected chi connectivity index (χ1v) is 6.58. The SMILES string of the molecule is CNC(=O)c1ccccc1NC(=O)CC(C)(C)CC(=O)O. The summed E-state index contributed by atoms with van der Waals surface area (Å²) in [6.07, 6.45) is -0.0428. The highest BCUT2D eigenvalue weighted by Gasteiger charge is 2.25. The largest absolute Gasteiger partial charge is 0.481 e. The van der Waals surface area contributed by atoms with Crippen molar-refractivity contribution in [3.63, 3.8) is 0 Å². The minimum Gasteiger partial charge on any atom is -0.481 e. The molecule has 0 saturated carbocycles. The summed E-state index contributed by atoms with van der Waals surface area (Å²) in [5.41, 5.74) is 0.120. The van der Waals surface area contributed by atoms with Crippen molar-refractivity contribution in [1.29, 1.82) is 0 Å². The third kappa shape index (κ3) is 5.25. The Morgan fingerprint density at radius 3 is 2.33 bits per heavy atom. The summed E-state index contributed by atoms with van der Waals surface area (Å²) < 4.78 is 0. The topological polar surface area (TPSA) is 95.5 Å². The Kier molecular flexibility index (Phi) is 5.46. The van der Waals surface area contributed by atoms with Gasteiger partial charge in [0.2, 0.25) is 5.91 Å². The second-order valence-electron chi connectivity index (χ2n) is 5.58. The maximum Gasteiger partial charge on any atom is 0.303 e. The quantitative estimate of drug-likeness (QED) is 0.746. The highest BCUT2D eigenvalue weighted by molar-refractivity contribution is 6.03. The van der Waals surface area contributed by atoms with E-state index in [2.05, 4.69) is 10.6 Å². The third-order valence-electron chi connectivity index (χ3n) is 2.94. The van der Waals surface area contributed by atoms with Gasteiger partial charge in [-0.2, -0.15) is 0 Å². The van der Waals surface area contributed by atoms with E-state index in [0.717, 1.165) is 0 Å². The van der Waals surface area contributed by atoms with Crippen molar-refractivity contribution in [2.75, 3.05) is 12.4 Å². The Morgan fingerprint density at radius 1 is 1.14 bits per heavy atom. The zero-order chi connectivity index (χ0) is 16.0. The standard InChI is InChI=1S/C15H20N2O4/c1-15(2,9-13(19)20)8-12(18)17-11-7-5-4-6-10(11)14(21)16-3/h4-7H,8-9H2,1-3H3,(H,16,21)(H,17,18)(H,19,20). The van der Waals surface area contributed by atoms with E-state index in [1.54, 1.807) is 38.1 Å². The van der Waals surface area contributed by atoms with Gasteiger partial charge in [-0.15, -0.1) is 0 Å². The van der Waals surface area contributed by atoms with Gasteiger partial charge in [-0.25, -0.2) is 0 Å². The minimum absolute atomic E-state index is 0.0569. The van der Waals surface area contributed by atoms with Crippen molar-refractivity contribution in [2.45, 2.75) is 26.7 Å². The molecule has 0 aromatic heterocycles. The Balaban J connectivity index is 2.80. The molecule has 0 unspecified atom stereocenters. The lowest BCUT2D eigenvalue weighted by Gasteiger charge is -2.21. The number of carbonyl (C=O) groups is 3. The van der Waals surface area contributed by atoms with Gasteiger partial charge in [-0.05, 0) is 17.5 Å². The molecule has 114 valence electrons. The Morgan fingerprint density at radius 2 is 1.76 bits per heavy atom. The molecule has 0 spiro atoms. The van der Waals surface area contributed by atoms with Crippen LogP contribution in [0.3, 0.4) is 0 Å². The zero-order valence-corrected chi connectivity index (χ0v) is 12.4. The smallest absolute Gasteiger partial charge is 0.303 e. The molecular formula is C15H20N2O4. The Bertz CT molecular complexity index is 552. The first-order valence-electron chi connectivity index (χ1n) is 6.58. The molecule has 2 amide bonds. The maximum absolute atomic E-state index is 12.0. The fourth-order valence-corrected chi connectivity index (χ4v) is 2.03. The Hall–Kier alpha value is -2.37. The number of hydrogen-bond acceptors (Lipinski definition) is 3. The number of carbonyl (C=O) groups excluding carboxylic acids is 2. The van der Waals surface area contributed by atoms with Crippen LogP contribution in [0.25, 0.3) is 0 Å². The van der Waals surface area contributed by atoms with E-state index in [1.165, 1.54) is 7.05 Å². The van der Waals surface area contributed by atoms with Gasteiger partial charge in [0.05, 0.1) is 17.7 Å². The van der Waals surface area contributed by atoms with Gasteiger partial charge in [-0.1, -0.05) is 26.0 Å². The maximum atomic E-state index is 12.0. The number of benzene rings is 1. The second kappa shape index (κ2) is 6.88. The normalized spacial score (nSPS) is 10.8. The predicted octanol–water partition coefficient (Wildman–Crippen LogP) is 1.88. The zero-order valence-electron chi connectivity index (χ0n) is 12.4. The first kappa shape index (κ1) is 16.7. The predicted molar refractivity (Wildman–Crippen MR) is 79.1 cm³/mol. The first-order chi connectivity index (χ1) is 9.75. The fourth-order valence-electron chi connectivity index (χ4n) is 2.03. The van der Waals surface area contributed by atoms with Crippen molar-refractivity contribution in [3.05, 3.63) is 29.8 Å². The van der Waals surface area contributed by atoms with Gasteiger partial charge in [-0.3, -0.25) is 14.4 Å². The van der Waals surface area contributed by atoms with Crippen molar-refractivity contribution < 1.29 is 19.5 Å². The van der Waals surface area contributed by atoms with Crippen molar-refractivity contribution in [2.24, 2.45) is 5.41 Å². The average Bonchev–Trinajstić information content (AvgIpc) is 2.35. The molecule has 1 aromatic rings. The van der Waals surface area contributed by atoms with Crippen LogP contribution in [0.4, 0.5) is 5.69 Å². The molecule has 3 N–H and O–H groups in total. The molecule has 0 bridgehead atoms. The highest BCUT2D eigenvalue weighted by atomic mass is 16.4. The molecule has 0 heterocycles. The molecule has 6 heteroatoms. The number of amides is 2. The molecule has 6 nitrogen and oxygen atoms in total. The van der Waals surface area contributed by atoms with E-state index in [9.17, 15) is 14.4 Å². The second-order valence-corrected chi connectivity index (χ2v) is 5.58. The van der Waals surface area contributed by atoms with E-state index in [4.69, 9.17) is 5.11 Å². The molecule has 1 rings (SSSR count). The number of carboxylic acids is 1. The molecule has 0 radical (unpaired) electrons. The van der Waals surface area contributed by atoms with Gasteiger partial charge in [0.15, 0.2) is 0 Å². The average molecular weight is 292 g/mol. The molecule has 0 fully saturated rings. The van der Waals surface area contributed by atoms with E-state index in [0.29, 0.717) is 11.3 Å². The summed E-state index contributed by atoms with van der Waals surface area (Å²) in [4.78, 5) is 34.5. The van der Waals surface area contributed by atoms with Crippen molar-refractivity contribution in [1.82, 2.24) is 5.32 Å². The summed E-state index contributed by atoms with van der Waals surface area (Å²) in [7, 11) is 1.51. The van der Waals surface area contributed by atoms with E-state index in [-0.39, 0.29) is 24.7 Å². The van der Waals surface area contributed by atoms with Crippen LogP contribution in [0.15, 0.2) is 24.3 Å². The monoisotopic (exact) mass is 292 g/mol. The van der Waals surface area contributed by atoms with Crippen LogP contribution in [-0.2, 0) is 9.59 Å². The minimum atomic E-state index is -0.946. The molecule has 1 aromatic carbocycles. The van der Waals surface area contributed by atoms with Crippen LogP contribution in [-0.4, -0.2) is 29.9 Å². The summed E-state index contributed by atoms with van der Waals surface area (Å²) in [6.45, 7) is 3.43. The number of anilines is 1. The van der Waals surface area contributed by atoms with Gasteiger partial charge in [0, 0.05) is 13.5 Å². The van der Waals surface area contributed by atoms with Crippen LogP contribution < -0.4 is 10.6 Å². The van der Waals surface area contributed by atoms with Gasteiger partial charge in [0.1, 0.15) is 0 Å². The number of aliphatic carboxylic acids is 1. The van der Waals surface area contributed by atoms with Crippen LogP contribution in [0.5, 0.6) is 0 Å². The van der Waals surface area contributed by atoms with E-state index in [1.807, 2.05) is 0 Å². The van der Waals surface area contributed by atoms with Crippen LogP contribution >= 0.6 is 0 Å². The Labute approximate surface area is 123 Å². The molecule has 0 aliphatic carbocycles. The lowest BCUT2D eigenvalue weighted by molar-refractivity contribution is -0.139. The van der Waals surface area contributed by atoms with E-state index >= 15 is 0 Å². The number of rotatable bonds is 6. The summed E-state index contributed by atoms with van der Waals surface area (Å²) >= 11 is 0. The van der Waals surface area contributed by atoms with Gasteiger partial charge >= 0.3 is 5.97 Å². The van der Waals surface area contributed by atoms with Crippen LogP contribution in [0, 0.1) is 5.41 Å².